The Morgan fingerprint density at radius 1 is 1.44 bits per heavy atom. The van der Waals surface area contributed by atoms with E-state index < -0.39 is 22.1 Å². The van der Waals surface area contributed by atoms with Crippen molar-refractivity contribution in [1.29, 1.82) is 0 Å². The molecule has 1 aromatic heterocycles. The molecule has 0 saturated heterocycles. The zero-order valence-electron chi connectivity index (χ0n) is 9.95. The minimum absolute atomic E-state index is 0.0419. The van der Waals surface area contributed by atoms with E-state index in [2.05, 4.69) is 4.72 Å². The molecule has 0 saturated carbocycles. The molecule has 0 aliphatic carbocycles. The minimum Gasteiger partial charge on any atom is -0.477 e. The molecule has 3 N–H and O–H groups in total. The second-order valence-corrected chi connectivity index (χ2v) is 7.16. The molecule has 0 aromatic carbocycles. The van der Waals surface area contributed by atoms with Crippen molar-refractivity contribution in [2.45, 2.75) is 24.2 Å². The van der Waals surface area contributed by atoms with Gasteiger partial charge in [-0.2, -0.15) is 0 Å². The number of hydrogen-bond donors (Lipinski definition) is 3. The first-order valence-electron chi connectivity index (χ1n) is 5.25. The number of carbonyl (C=O) groups is 1. The van der Waals surface area contributed by atoms with E-state index in [1.807, 2.05) is 0 Å². The summed E-state index contributed by atoms with van der Waals surface area (Å²) in [6.45, 7) is 3.44. The van der Waals surface area contributed by atoms with Crippen LogP contribution in [0.2, 0.25) is 0 Å². The maximum atomic E-state index is 11.8. The van der Waals surface area contributed by atoms with Crippen molar-refractivity contribution in [3.8, 4) is 0 Å². The highest BCUT2D eigenvalue weighted by Crippen LogP contribution is 2.21. The topological polar surface area (TPSA) is 104 Å². The maximum Gasteiger partial charge on any atom is 0.345 e. The lowest BCUT2D eigenvalue weighted by Crippen LogP contribution is -2.34. The number of nitrogens with one attached hydrogen (secondary N) is 1. The van der Waals surface area contributed by atoms with E-state index in [-0.39, 0.29) is 21.5 Å². The average molecular weight is 293 g/mol. The summed E-state index contributed by atoms with van der Waals surface area (Å²) in [6, 6.07) is 2.47. The lowest BCUT2D eigenvalue weighted by atomic mass is 10.1. The van der Waals surface area contributed by atoms with Crippen molar-refractivity contribution < 1.29 is 23.4 Å². The largest absolute Gasteiger partial charge is 0.477 e. The molecule has 1 aromatic rings. The van der Waals surface area contributed by atoms with Crippen molar-refractivity contribution in [1.82, 2.24) is 4.72 Å². The van der Waals surface area contributed by atoms with E-state index >= 15 is 0 Å². The molecule has 0 spiro atoms. The molecule has 0 aliphatic heterocycles. The van der Waals surface area contributed by atoms with Crippen LogP contribution in [0.4, 0.5) is 0 Å². The fraction of sp³-hybridized carbons (Fsp3) is 0.500. The number of aromatic carboxylic acids is 1. The summed E-state index contributed by atoms with van der Waals surface area (Å²) in [5.41, 5.74) is 0. The number of carboxylic acid groups (broad SMARTS) is 1. The molecule has 1 rings (SSSR count). The summed E-state index contributed by atoms with van der Waals surface area (Å²) in [4.78, 5) is 10.6. The van der Waals surface area contributed by atoms with Gasteiger partial charge in [0.2, 0.25) is 10.0 Å². The Kier molecular flexibility index (Phi) is 4.85. The quantitative estimate of drug-likeness (QED) is 0.717. The van der Waals surface area contributed by atoms with E-state index in [1.54, 1.807) is 13.8 Å². The lowest BCUT2D eigenvalue weighted by molar-refractivity contribution is 0.0702. The summed E-state index contributed by atoms with van der Waals surface area (Å²) < 4.78 is 25.8. The van der Waals surface area contributed by atoms with E-state index in [0.29, 0.717) is 11.3 Å². The van der Waals surface area contributed by atoms with E-state index in [9.17, 15) is 18.3 Å². The highest BCUT2D eigenvalue weighted by Gasteiger charge is 2.20. The van der Waals surface area contributed by atoms with Crippen LogP contribution in [-0.2, 0) is 10.0 Å². The Morgan fingerprint density at radius 3 is 2.50 bits per heavy atom. The third-order valence-corrected chi connectivity index (χ3v) is 5.30. The van der Waals surface area contributed by atoms with Crippen molar-refractivity contribution in [3.05, 3.63) is 17.0 Å². The average Bonchev–Trinajstić information content (AvgIpc) is 2.75. The van der Waals surface area contributed by atoms with Crippen molar-refractivity contribution in [2.24, 2.45) is 5.92 Å². The molecule has 0 bridgehead atoms. The Hall–Kier alpha value is -0.960. The van der Waals surface area contributed by atoms with Crippen LogP contribution >= 0.6 is 11.3 Å². The van der Waals surface area contributed by atoms with E-state index in [1.165, 1.54) is 12.1 Å². The third-order valence-electron chi connectivity index (χ3n) is 2.31. The molecule has 1 heterocycles. The van der Waals surface area contributed by atoms with Crippen LogP contribution in [0.1, 0.15) is 23.5 Å². The van der Waals surface area contributed by atoms with Crippen molar-refractivity contribution in [3.63, 3.8) is 0 Å². The van der Waals surface area contributed by atoms with Gasteiger partial charge in [0, 0.05) is 6.54 Å². The number of carboxylic acids is 1. The van der Waals surface area contributed by atoms with Gasteiger partial charge in [-0.15, -0.1) is 11.3 Å². The van der Waals surface area contributed by atoms with Crippen LogP contribution in [0.25, 0.3) is 0 Å². The highest BCUT2D eigenvalue weighted by molar-refractivity contribution is 7.91. The van der Waals surface area contributed by atoms with Gasteiger partial charge in [0.05, 0.1) is 6.10 Å². The molecule has 18 heavy (non-hydrogen) atoms. The number of aliphatic hydroxyl groups excluding tert-OH is 1. The first kappa shape index (κ1) is 15.1. The molecular weight excluding hydrogens is 278 g/mol. The summed E-state index contributed by atoms with van der Waals surface area (Å²) in [7, 11) is -3.76. The van der Waals surface area contributed by atoms with Gasteiger partial charge < -0.3 is 10.2 Å². The van der Waals surface area contributed by atoms with Crippen molar-refractivity contribution in [2.75, 3.05) is 6.54 Å². The smallest absolute Gasteiger partial charge is 0.345 e. The number of hydrogen-bond acceptors (Lipinski definition) is 5. The summed E-state index contributed by atoms with van der Waals surface area (Å²) in [5.74, 6) is -1.23. The standard InChI is InChI=1S/C10H15NO5S2/c1-6(2)7(12)5-11-18(15,16)9-4-3-8(17-9)10(13)14/h3-4,6-7,11-12H,5H2,1-2H3,(H,13,14). The Labute approximate surface area is 109 Å². The Bertz CT molecular complexity index is 520. The normalized spacial score (nSPS) is 13.8. The first-order valence-corrected chi connectivity index (χ1v) is 7.55. The molecule has 8 heteroatoms. The zero-order chi connectivity index (χ0) is 13.9. The fourth-order valence-electron chi connectivity index (χ4n) is 1.08. The second kappa shape index (κ2) is 5.79. The van der Waals surface area contributed by atoms with Gasteiger partial charge in [0.1, 0.15) is 9.09 Å². The van der Waals surface area contributed by atoms with Gasteiger partial charge in [-0.1, -0.05) is 13.8 Å². The predicted molar refractivity (Wildman–Crippen MR) is 67.3 cm³/mol. The predicted octanol–water partition coefficient (Wildman–Crippen LogP) is 0.742. The Balaban J connectivity index is 2.77. The molecule has 0 radical (unpaired) electrons. The molecule has 0 fully saturated rings. The van der Waals surface area contributed by atoms with Crippen molar-refractivity contribution >= 4 is 27.3 Å². The molecule has 1 unspecified atom stereocenters. The number of rotatable bonds is 6. The second-order valence-electron chi connectivity index (χ2n) is 4.09. The molecule has 6 nitrogen and oxygen atoms in total. The van der Waals surface area contributed by atoms with Crippen LogP contribution in [0.5, 0.6) is 0 Å². The van der Waals surface area contributed by atoms with Crippen LogP contribution in [-0.4, -0.2) is 37.2 Å². The minimum atomic E-state index is -3.76. The molecular formula is C10H15NO5S2. The molecule has 0 aliphatic rings. The van der Waals surface area contributed by atoms with Gasteiger partial charge in [0.25, 0.3) is 0 Å². The zero-order valence-corrected chi connectivity index (χ0v) is 11.6. The van der Waals surface area contributed by atoms with Crippen LogP contribution in [0.15, 0.2) is 16.3 Å². The van der Waals surface area contributed by atoms with Gasteiger partial charge in [0.15, 0.2) is 0 Å². The summed E-state index contributed by atoms with van der Waals surface area (Å²) in [5, 5.41) is 18.2. The SMILES string of the molecule is CC(C)C(O)CNS(=O)(=O)c1ccc(C(=O)O)s1. The monoisotopic (exact) mass is 293 g/mol. The van der Waals surface area contributed by atoms with E-state index in [0.717, 1.165) is 0 Å². The highest BCUT2D eigenvalue weighted by atomic mass is 32.2. The number of sulfonamides is 1. The molecule has 1 atom stereocenters. The number of thiophene rings is 1. The molecule has 0 amide bonds. The van der Waals surface area contributed by atoms with Crippen LogP contribution in [0, 0.1) is 5.92 Å². The Morgan fingerprint density at radius 2 is 2.06 bits per heavy atom. The van der Waals surface area contributed by atoms with Gasteiger partial charge in [-0.3, -0.25) is 0 Å². The number of aliphatic hydroxyl groups is 1. The lowest BCUT2D eigenvalue weighted by Gasteiger charge is -2.14. The van der Waals surface area contributed by atoms with Gasteiger partial charge in [-0.25, -0.2) is 17.9 Å². The first-order chi connectivity index (χ1) is 8.24. The third kappa shape index (κ3) is 3.77. The fourth-order valence-corrected chi connectivity index (χ4v) is 3.32. The molecule has 102 valence electrons. The summed E-state index contributed by atoms with van der Waals surface area (Å²) in [6.07, 6.45) is -0.779. The van der Waals surface area contributed by atoms with Gasteiger partial charge in [-0.05, 0) is 18.1 Å². The van der Waals surface area contributed by atoms with Crippen LogP contribution in [0.3, 0.4) is 0 Å². The van der Waals surface area contributed by atoms with Gasteiger partial charge >= 0.3 is 5.97 Å². The maximum absolute atomic E-state index is 11.8. The van der Waals surface area contributed by atoms with E-state index in [4.69, 9.17) is 5.11 Å². The van der Waals surface area contributed by atoms with Crippen LogP contribution < -0.4 is 4.72 Å². The summed E-state index contributed by atoms with van der Waals surface area (Å²) >= 11 is 0.676.